The quantitative estimate of drug-likeness (QED) is 0.151. The van der Waals surface area contributed by atoms with E-state index in [4.69, 9.17) is 0 Å². The maximum absolute atomic E-state index is 12.3. The largest absolute Gasteiger partial charge is 0.357 e. The van der Waals surface area contributed by atoms with Gasteiger partial charge in [-0.25, -0.2) is 18.1 Å². The van der Waals surface area contributed by atoms with Crippen molar-refractivity contribution in [1.82, 2.24) is 25.1 Å². The molecule has 0 fully saturated rings. The second-order valence-electron chi connectivity index (χ2n) is 6.81. The van der Waals surface area contributed by atoms with Gasteiger partial charge in [-0.15, -0.1) is 24.0 Å². The molecule has 2 aromatic carbocycles. The Morgan fingerprint density at radius 1 is 0.969 bits per heavy atom. The van der Waals surface area contributed by atoms with Crippen LogP contribution in [0.25, 0.3) is 0 Å². The molecule has 0 radical (unpaired) electrons. The summed E-state index contributed by atoms with van der Waals surface area (Å²) in [4.78, 5) is 4.91. The molecule has 0 aliphatic heterocycles. The van der Waals surface area contributed by atoms with Gasteiger partial charge in [0.25, 0.3) is 0 Å². The van der Waals surface area contributed by atoms with Gasteiger partial charge in [-0.2, -0.15) is 5.10 Å². The molecule has 0 saturated carbocycles. The lowest BCUT2D eigenvalue weighted by molar-refractivity contribution is 0.580. The molecule has 172 valence electrons. The number of sulfonamides is 1. The van der Waals surface area contributed by atoms with Gasteiger partial charge in [0, 0.05) is 32.0 Å². The molecule has 1 heterocycles. The van der Waals surface area contributed by atoms with Gasteiger partial charge in [-0.3, -0.25) is 4.68 Å². The third-order valence-corrected chi connectivity index (χ3v) is 6.00. The molecule has 0 aliphatic rings. The Bertz CT molecular complexity index is 1070. The van der Waals surface area contributed by atoms with E-state index in [2.05, 4.69) is 37.6 Å². The number of nitrogens with one attached hydrogen (secondary N) is 3. The Kier molecular flexibility index (Phi) is 10.6. The average Bonchev–Trinajstić information content (AvgIpc) is 3.29. The number of aliphatic imine (C=N–C) groups is 1. The van der Waals surface area contributed by atoms with Crippen LogP contribution in [-0.4, -0.2) is 43.8 Å². The summed E-state index contributed by atoms with van der Waals surface area (Å²) in [6, 6.07) is 18.4. The smallest absolute Gasteiger partial charge is 0.240 e. The van der Waals surface area contributed by atoms with Crippen LogP contribution in [0.2, 0.25) is 0 Å². The zero-order valence-corrected chi connectivity index (χ0v) is 21.1. The summed E-state index contributed by atoms with van der Waals surface area (Å²) < 4.78 is 29.1. The summed E-state index contributed by atoms with van der Waals surface area (Å²) in [6.45, 7) is 4.54. The molecule has 3 rings (SSSR count). The van der Waals surface area contributed by atoms with Crippen molar-refractivity contribution in [3.05, 3.63) is 84.2 Å². The van der Waals surface area contributed by atoms with Gasteiger partial charge in [0.1, 0.15) is 0 Å². The van der Waals surface area contributed by atoms with Crippen molar-refractivity contribution >= 4 is 40.0 Å². The van der Waals surface area contributed by atoms with Crippen molar-refractivity contribution in [1.29, 1.82) is 0 Å². The van der Waals surface area contributed by atoms with Crippen LogP contribution >= 0.6 is 24.0 Å². The molecule has 1 aromatic heterocycles. The van der Waals surface area contributed by atoms with Crippen molar-refractivity contribution in [3.63, 3.8) is 0 Å². The first-order chi connectivity index (χ1) is 15.1. The third-order valence-electron chi connectivity index (χ3n) is 4.52. The minimum atomic E-state index is -3.51. The van der Waals surface area contributed by atoms with Crippen LogP contribution in [0.4, 0.5) is 0 Å². The van der Waals surface area contributed by atoms with E-state index in [1.807, 2.05) is 36.0 Å². The Morgan fingerprint density at radius 3 is 2.38 bits per heavy atom. The van der Waals surface area contributed by atoms with Crippen LogP contribution in [0.3, 0.4) is 0 Å². The van der Waals surface area contributed by atoms with Gasteiger partial charge in [-0.1, -0.05) is 42.5 Å². The summed E-state index contributed by atoms with van der Waals surface area (Å²) >= 11 is 0. The number of nitrogens with zero attached hydrogens (tertiary/aromatic N) is 3. The molecule has 0 amide bonds. The highest BCUT2D eigenvalue weighted by Gasteiger charge is 2.12. The van der Waals surface area contributed by atoms with Crippen molar-refractivity contribution in [2.24, 2.45) is 4.99 Å². The highest BCUT2D eigenvalue weighted by atomic mass is 127. The number of benzene rings is 2. The minimum absolute atomic E-state index is 0. The minimum Gasteiger partial charge on any atom is -0.357 e. The molecule has 0 unspecified atom stereocenters. The molecular weight excluding hydrogens is 539 g/mol. The molecule has 8 nitrogen and oxygen atoms in total. The maximum Gasteiger partial charge on any atom is 0.240 e. The van der Waals surface area contributed by atoms with Gasteiger partial charge in [0.05, 0.1) is 18.0 Å². The molecule has 32 heavy (non-hydrogen) atoms. The number of hydrogen-bond acceptors (Lipinski definition) is 4. The zero-order valence-electron chi connectivity index (χ0n) is 17.9. The normalized spacial score (nSPS) is 11.6. The molecule has 0 bridgehead atoms. The van der Waals surface area contributed by atoms with Crippen LogP contribution in [0.1, 0.15) is 18.1 Å². The van der Waals surface area contributed by atoms with E-state index in [0.29, 0.717) is 32.1 Å². The number of halogens is 1. The Hall–Kier alpha value is -2.44. The fraction of sp³-hybridized carbons (Fsp3) is 0.273. The zero-order chi connectivity index (χ0) is 21.9. The van der Waals surface area contributed by atoms with Gasteiger partial charge in [0.2, 0.25) is 10.0 Å². The molecule has 0 aliphatic carbocycles. The number of aromatic nitrogens is 2. The van der Waals surface area contributed by atoms with Crippen LogP contribution in [0.5, 0.6) is 0 Å². The van der Waals surface area contributed by atoms with Crippen molar-refractivity contribution in [2.75, 3.05) is 19.6 Å². The first-order valence-corrected chi connectivity index (χ1v) is 11.7. The topological polar surface area (TPSA) is 100 Å². The van der Waals surface area contributed by atoms with E-state index in [0.717, 1.165) is 11.1 Å². The fourth-order valence-electron chi connectivity index (χ4n) is 2.99. The SMILES string of the molecule is CCNC(=NCc1ccccc1Cn1cccn1)NCCNS(=O)(=O)c1ccccc1.I. The molecule has 3 aromatic rings. The van der Waals surface area contributed by atoms with Gasteiger partial charge >= 0.3 is 0 Å². The predicted octanol–water partition coefficient (Wildman–Crippen LogP) is 2.58. The second-order valence-corrected chi connectivity index (χ2v) is 8.57. The van der Waals surface area contributed by atoms with Gasteiger partial charge < -0.3 is 10.6 Å². The lowest BCUT2D eigenvalue weighted by Gasteiger charge is -2.13. The highest BCUT2D eigenvalue weighted by molar-refractivity contribution is 14.0. The second kappa shape index (κ2) is 13.2. The third kappa shape index (κ3) is 7.92. The lowest BCUT2D eigenvalue weighted by atomic mass is 10.1. The number of hydrogen-bond donors (Lipinski definition) is 3. The van der Waals surface area contributed by atoms with Crippen LogP contribution < -0.4 is 15.4 Å². The van der Waals surface area contributed by atoms with Crippen LogP contribution in [0, 0.1) is 0 Å². The van der Waals surface area contributed by atoms with E-state index >= 15 is 0 Å². The average molecular weight is 568 g/mol. The van der Waals surface area contributed by atoms with E-state index in [1.165, 1.54) is 0 Å². The van der Waals surface area contributed by atoms with Crippen LogP contribution in [0.15, 0.2) is 82.9 Å². The summed E-state index contributed by atoms with van der Waals surface area (Å²) in [5.41, 5.74) is 2.27. The standard InChI is InChI=1S/C22H28N6O2S.HI/c1-2-23-22(24-14-15-27-31(29,30)21-11-4-3-5-12-21)25-17-19-9-6-7-10-20(19)18-28-16-8-13-26-28;/h3-13,16,27H,2,14-15,17-18H2,1H3,(H2,23,24,25);1H. The van der Waals surface area contributed by atoms with Gasteiger partial charge in [0.15, 0.2) is 5.96 Å². The van der Waals surface area contributed by atoms with Gasteiger partial charge in [-0.05, 0) is 36.2 Å². The van der Waals surface area contributed by atoms with Crippen molar-refractivity contribution < 1.29 is 8.42 Å². The van der Waals surface area contributed by atoms with E-state index in [-0.39, 0.29) is 35.4 Å². The monoisotopic (exact) mass is 568 g/mol. The molecule has 0 spiro atoms. The number of guanidine groups is 1. The Labute approximate surface area is 206 Å². The molecule has 3 N–H and O–H groups in total. The summed E-state index contributed by atoms with van der Waals surface area (Å²) in [6.07, 6.45) is 3.70. The first kappa shape index (κ1) is 25.8. The van der Waals surface area contributed by atoms with E-state index in [9.17, 15) is 8.42 Å². The highest BCUT2D eigenvalue weighted by Crippen LogP contribution is 2.11. The van der Waals surface area contributed by atoms with E-state index < -0.39 is 10.0 Å². The summed E-state index contributed by atoms with van der Waals surface area (Å²) in [5.74, 6) is 0.635. The maximum atomic E-state index is 12.3. The number of rotatable bonds is 10. The molecule has 0 atom stereocenters. The van der Waals surface area contributed by atoms with Crippen molar-refractivity contribution in [3.8, 4) is 0 Å². The Morgan fingerprint density at radius 2 is 1.69 bits per heavy atom. The Balaban J connectivity index is 0.00000363. The summed E-state index contributed by atoms with van der Waals surface area (Å²) in [7, 11) is -3.51. The van der Waals surface area contributed by atoms with Crippen LogP contribution in [-0.2, 0) is 23.1 Å². The van der Waals surface area contributed by atoms with E-state index in [1.54, 1.807) is 36.5 Å². The molecule has 0 saturated heterocycles. The predicted molar refractivity (Wildman–Crippen MR) is 138 cm³/mol. The molecular formula is C22H29IN6O2S. The summed E-state index contributed by atoms with van der Waals surface area (Å²) in [5, 5.41) is 10.6. The molecule has 10 heteroatoms. The fourth-order valence-corrected chi connectivity index (χ4v) is 4.04. The first-order valence-electron chi connectivity index (χ1n) is 10.2. The lowest BCUT2D eigenvalue weighted by Crippen LogP contribution is -2.41. The van der Waals surface area contributed by atoms with Crippen molar-refractivity contribution in [2.45, 2.75) is 24.9 Å².